The number of carbonyl (C=O) groups excluding carboxylic acids is 2. The Bertz CT molecular complexity index is 605. The fraction of sp³-hybridized carbons (Fsp3) is 0.579. The summed E-state index contributed by atoms with van der Waals surface area (Å²) in [4.78, 5) is 27.8. The van der Waals surface area contributed by atoms with E-state index in [1.54, 1.807) is 31.1 Å². The lowest BCUT2D eigenvalue weighted by molar-refractivity contribution is -0.130. The second-order valence-corrected chi connectivity index (χ2v) is 6.25. The van der Waals surface area contributed by atoms with Gasteiger partial charge >= 0.3 is 0 Å². The van der Waals surface area contributed by atoms with Gasteiger partial charge in [-0.2, -0.15) is 0 Å². The van der Waals surface area contributed by atoms with Crippen molar-refractivity contribution in [1.82, 2.24) is 15.1 Å². The van der Waals surface area contributed by atoms with Gasteiger partial charge in [0.05, 0.1) is 20.3 Å². The SMILES string of the molecule is COc1ccccc1OCC(=O)NCCN(CCN1CCOCC1)C(C)=O. The molecule has 1 aliphatic heterocycles. The third-order valence-corrected chi connectivity index (χ3v) is 4.37. The molecule has 1 aromatic carbocycles. The minimum atomic E-state index is -0.238. The van der Waals surface area contributed by atoms with E-state index in [0.717, 1.165) is 32.8 Å². The second-order valence-electron chi connectivity index (χ2n) is 6.25. The van der Waals surface area contributed by atoms with E-state index in [4.69, 9.17) is 14.2 Å². The molecule has 1 saturated heterocycles. The molecule has 150 valence electrons. The van der Waals surface area contributed by atoms with Gasteiger partial charge in [0.15, 0.2) is 18.1 Å². The summed E-state index contributed by atoms with van der Waals surface area (Å²) in [5.41, 5.74) is 0. The molecule has 0 unspecified atom stereocenters. The van der Waals surface area contributed by atoms with Crippen LogP contribution in [0, 0.1) is 0 Å². The molecule has 2 amide bonds. The first-order valence-corrected chi connectivity index (χ1v) is 9.18. The number of methoxy groups -OCH3 is 1. The van der Waals surface area contributed by atoms with Crippen molar-refractivity contribution in [3.8, 4) is 11.5 Å². The van der Waals surface area contributed by atoms with E-state index in [1.165, 1.54) is 0 Å². The van der Waals surface area contributed by atoms with Crippen LogP contribution in [-0.2, 0) is 14.3 Å². The molecule has 27 heavy (non-hydrogen) atoms. The quantitative estimate of drug-likeness (QED) is 0.633. The van der Waals surface area contributed by atoms with Gasteiger partial charge in [-0.15, -0.1) is 0 Å². The number of hydrogen-bond acceptors (Lipinski definition) is 6. The number of amides is 2. The van der Waals surface area contributed by atoms with Gasteiger partial charge in [-0.25, -0.2) is 0 Å². The molecule has 1 fully saturated rings. The first-order chi connectivity index (χ1) is 13.1. The van der Waals surface area contributed by atoms with Crippen molar-refractivity contribution in [2.45, 2.75) is 6.92 Å². The van der Waals surface area contributed by atoms with E-state index in [2.05, 4.69) is 10.2 Å². The average molecular weight is 379 g/mol. The van der Waals surface area contributed by atoms with E-state index >= 15 is 0 Å². The molecule has 0 bridgehead atoms. The number of hydrogen-bond donors (Lipinski definition) is 1. The van der Waals surface area contributed by atoms with Crippen molar-refractivity contribution < 1.29 is 23.8 Å². The Morgan fingerprint density at radius 2 is 1.89 bits per heavy atom. The maximum atomic E-state index is 12.0. The fourth-order valence-corrected chi connectivity index (χ4v) is 2.78. The van der Waals surface area contributed by atoms with Crippen LogP contribution in [0.2, 0.25) is 0 Å². The second kappa shape index (κ2) is 11.4. The Balaban J connectivity index is 1.67. The van der Waals surface area contributed by atoms with Gasteiger partial charge in [-0.05, 0) is 12.1 Å². The van der Waals surface area contributed by atoms with E-state index in [-0.39, 0.29) is 18.4 Å². The lowest BCUT2D eigenvalue weighted by Gasteiger charge is -2.29. The molecule has 1 N–H and O–H groups in total. The molecule has 0 saturated carbocycles. The van der Waals surface area contributed by atoms with Crippen LogP contribution in [0.25, 0.3) is 0 Å². The van der Waals surface area contributed by atoms with Crippen LogP contribution in [0.4, 0.5) is 0 Å². The van der Waals surface area contributed by atoms with Crippen LogP contribution < -0.4 is 14.8 Å². The van der Waals surface area contributed by atoms with Gasteiger partial charge in [0, 0.05) is 46.2 Å². The van der Waals surface area contributed by atoms with Gasteiger partial charge in [0.1, 0.15) is 0 Å². The van der Waals surface area contributed by atoms with E-state index < -0.39 is 0 Å². The molecule has 8 nitrogen and oxygen atoms in total. The topological polar surface area (TPSA) is 80.3 Å². The van der Waals surface area contributed by atoms with Gasteiger partial charge in [-0.1, -0.05) is 12.1 Å². The molecule has 0 radical (unpaired) electrons. The van der Waals surface area contributed by atoms with Gasteiger partial charge < -0.3 is 24.4 Å². The molecule has 0 atom stereocenters. The smallest absolute Gasteiger partial charge is 0.258 e. The van der Waals surface area contributed by atoms with Crippen molar-refractivity contribution in [2.75, 3.05) is 66.2 Å². The number of nitrogens with zero attached hydrogens (tertiary/aromatic N) is 2. The Hall–Kier alpha value is -2.32. The maximum Gasteiger partial charge on any atom is 0.258 e. The van der Waals surface area contributed by atoms with Crippen LogP contribution in [0.5, 0.6) is 11.5 Å². The summed E-state index contributed by atoms with van der Waals surface area (Å²) < 4.78 is 16.0. The van der Waals surface area contributed by atoms with Gasteiger partial charge in [0.2, 0.25) is 5.91 Å². The molecule has 1 aliphatic rings. The highest BCUT2D eigenvalue weighted by atomic mass is 16.5. The molecular formula is C19H29N3O5. The monoisotopic (exact) mass is 379 g/mol. The minimum absolute atomic E-state index is 0.00257. The maximum absolute atomic E-state index is 12.0. The molecule has 2 rings (SSSR count). The molecule has 8 heteroatoms. The standard InChI is InChI=1S/C19H29N3O5/c1-16(23)22(10-9-21-11-13-26-14-12-21)8-7-20-19(24)15-27-18-6-4-3-5-17(18)25-2/h3-6H,7-15H2,1-2H3,(H,20,24). The predicted octanol–water partition coefficient (Wildman–Crippen LogP) is 0.371. The summed E-state index contributed by atoms with van der Waals surface area (Å²) in [6.45, 7) is 7.02. The molecule has 0 aromatic heterocycles. The van der Waals surface area contributed by atoms with Gasteiger partial charge in [-0.3, -0.25) is 14.5 Å². The Morgan fingerprint density at radius 3 is 2.56 bits per heavy atom. The predicted molar refractivity (Wildman–Crippen MR) is 101 cm³/mol. The molecule has 1 aromatic rings. The van der Waals surface area contributed by atoms with E-state index in [9.17, 15) is 9.59 Å². The number of para-hydroxylation sites is 2. The fourth-order valence-electron chi connectivity index (χ4n) is 2.78. The number of benzene rings is 1. The lowest BCUT2D eigenvalue weighted by Crippen LogP contribution is -2.45. The first-order valence-electron chi connectivity index (χ1n) is 9.18. The summed E-state index contributed by atoms with van der Waals surface area (Å²) in [5, 5.41) is 2.78. The van der Waals surface area contributed by atoms with Crippen molar-refractivity contribution in [1.29, 1.82) is 0 Å². The van der Waals surface area contributed by atoms with Crippen molar-refractivity contribution in [2.24, 2.45) is 0 Å². The molecule has 1 heterocycles. The number of ether oxygens (including phenoxy) is 3. The highest BCUT2D eigenvalue weighted by molar-refractivity contribution is 5.77. The third kappa shape index (κ3) is 7.44. The number of rotatable bonds is 10. The highest BCUT2D eigenvalue weighted by Crippen LogP contribution is 2.25. The van der Waals surface area contributed by atoms with Crippen LogP contribution in [0.15, 0.2) is 24.3 Å². The molecule has 0 spiro atoms. The summed E-state index contributed by atoms with van der Waals surface area (Å²) in [7, 11) is 1.55. The highest BCUT2D eigenvalue weighted by Gasteiger charge is 2.14. The molecule has 0 aliphatic carbocycles. The van der Waals surface area contributed by atoms with Gasteiger partial charge in [0.25, 0.3) is 5.91 Å². The summed E-state index contributed by atoms with van der Waals surface area (Å²) in [5.74, 6) is 0.863. The summed E-state index contributed by atoms with van der Waals surface area (Å²) >= 11 is 0. The summed E-state index contributed by atoms with van der Waals surface area (Å²) in [6, 6.07) is 7.16. The Morgan fingerprint density at radius 1 is 1.19 bits per heavy atom. The Kier molecular flexibility index (Phi) is 8.86. The van der Waals surface area contributed by atoms with Crippen LogP contribution in [0.1, 0.15) is 6.92 Å². The first kappa shape index (κ1) is 21.0. The van der Waals surface area contributed by atoms with E-state index in [0.29, 0.717) is 31.1 Å². The van der Waals surface area contributed by atoms with Crippen molar-refractivity contribution in [3.05, 3.63) is 24.3 Å². The third-order valence-electron chi connectivity index (χ3n) is 4.37. The van der Waals surface area contributed by atoms with Crippen LogP contribution >= 0.6 is 0 Å². The number of carbonyl (C=O) groups is 2. The zero-order valence-corrected chi connectivity index (χ0v) is 16.1. The number of nitrogens with one attached hydrogen (secondary N) is 1. The zero-order chi connectivity index (χ0) is 19.5. The summed E-state index contributed by atoms with van der Waals surface area (Å²) in [6.07, 6.45) is 0. The Labute approximate surface area is 160 Å². The average Bonchev–Trinajstić information content (AvgIpc) is 2.69. The zero-order valence-electron chi connectivity index (χ0n) is 16.1. The molecular weight excluding hydrogens is 350 g/mol. The largest absolute Gasteiger partial charge is 0.493 e. The van der Waals surface area contributed by atoms with Crippen molar-refractivity contribution >= 4 is 11.8 Å². The van der Waals surface area contributed by atoms with Crippen LogP contribution in [-0.4, -0.2) is 87.8 Å². The number of morpholine rings is 1. The minimum Gasteiger partial charge on any atom is -0.493 e. The van der Waals surface area contributed by atoms with Crippen molar-refractivity contribution in [3.63, 3.8) is 0 Å². The van der Waals surface area contributed by atoms with Crippen LogP contribution in [0.3, 0.4) is 0 Å². The normalized spacial score (nSPS) is 14.4. The lowest BCUT2D eigenvalue weighted by atomic mass is 10.3. The van der Waals surface area contributed by atoms with E-state index in [1.807, 2.05) is 12.1 Å².